The largest absolute Gasteiger partial charge is 0.486 e. The molecule has 2 heterocycles. The number of amides is 1. The van der Waals surface area contributed by atoms with E-state index in [9.17, 15) is 9.59 Å². The summed E-state index contributed by atoms with van der Waals surface area (Å²) in [6.07, 6.45) is 0. The zero-order chi connectivity index (χ0) is 20.2. The highest BCUT2D eigenvalue weighted by Gasteiger charge is 2.15. The van der Waals surface area contributed by atoms with Crippen LogP contribution in [0.1, 0.15) is 5.56 Å². The average molecular weight is 410 g/mol. The molecule has 0 spiro atoms. The molecule has 8 nitrogen and oxygen atoms in total. The molecule has 2 N–H and O–H groups in total. The molecule has 0 saturated heterocycles. The summed E-state index contributed by atoms with van der Waals surface area (Å²) >= 11 is 1.11. The zero-order valence-corrected chi connectivity index (χ0v) is 16.4. The van der Waals surface area contributed by atoms with E-state index in [1.54, 1.807) is 18.2 Å². The molecule has 0 saturated carbocycles. The molecule has 0 aliphatic carbocycles. The van der Waals surface area contributed by atoms with E-state index >= 15 is 0 Å². The van der Waals surface area contributed by atoms with Gasteiger partial charge in [-0.05, 0) is 36.8 Å². The van der Waals surface area contributed by atoms with E-state index in [1.165, 1.54) is 0 Å². The predicted octanol–water partition coefficient (Wildman–Crippen LogP) is 2.64. The van der Waals surface area contributed by atoms with Gasteiger partial charge in [-0.15, -0.1) is 10.2 Å². The summed E-state index contributed by atoms with van der Waals surface area (Å²) in [6, 6.07) is 12.7. The van der Waals surface area contributed by atoms with Crippen molar-refractivity contribution in [2.75, 3.05) is 24.3 Å². The molecule has 1 aliphatic rings. The highest BCUT2D eigenvalue weighted by atomic mass is 32.2. The maximum absolute atomic E-state index is 12.4. The highest BCUT2D eigenvalue weighted by Crippen LogP contribution is 2.33. The van der Waals surface area contributed by atoms with Crippen molar-refractivity contribution in [3.8, 4) is 22.8 Å². The van der Waals surface area contributed by atoms with Gasteiger partial charge in [-0.1, -0.05) is 30.0 Å². The van der Waals surface area contributed by atoms with Crippen LogP contribution in [0.5, 0.6) is 11.5 Å². The molecule has 0 atom stereocenters. The number of hydrogen-bond donors (Lipinski definition) is 2. The number of nitrogens with one attached hydrogen (secondary N) is 2. The topological polar surface area (TPSA) is 106 Å². The first kappa shape index (κ1) is 19.0. The third-order valence-electron chi connectivity index (χ3n) is 4.25. The number of carbonyl (C=O) groups is 1. The number of aromatic amines is 1. The second-order valence-corrected chi connectivity index (χ2v) is 7.28. The molecule has 0 bridgehead atoms. The van der Waals surface area contributed by atoms with E-state index in [0.717, 1.165) is 23.0 Å². The highest BCUT2D eigenvalue weighted by molar-refractivity contribution is 7.99. The number of anilines is 1. The van der Waals surface area contributed by atoms with Gasteiger partial charge >= 0.3 is 0 Å². The SMILES string of the molecule is Cc1ccccc1NC(=O)CSc1nnc(-c2ccc3c(c2)OCCO3)c(=O)[nH]1. The Morgan fingerprint density at radius 1 is 1.14 bits per heavy atom. The average Bonchev–Trinajstić information content (AvgIpc) is 2.74. The number of aryl methyl sites for hydroxylation is 1. The second kappa shape index (κ2) is 8.36. The van der Waals surface area contributed by atoms with E-state index in [4.69, 9.17) is 9.47 Å². The maximum atomic E-state index is 12.4. The second-order valence-electron chi connectivity index (χ2n) is 6.32. The predicted molar refractivity (Wildman–Crippen MR) is 110 cm³/mol. The molecule has 1 aromatic heterocycles. The van der Waals surface area contributed by atoms with Gasteiger partial charge in [0.2, 0.25) is 5.91 Å². The van der Waals surface area contributed by atoms with E-state index in [-0.39, 0.29) is 22.5 Å². The first-order valence-corrected chi connectivity index (χ1v) is 9.94. The zero-order valence-electron chi connectivity index (χ0n) is 15.6. The van der Waals surface area contributed by atoms with Crippen molar-refractivity contribution in [3.63, 3.8) is 0 Å². The first-order chi connectivity index (χ1) is 14.1. The van der Waals surface area contributed by atoms with Crippen LogP contribution in [0.2, 0.25) is 0 Å². The van der Waals surface area contributed by atoms with Crippen LogP contribution in [0.25, 0.3) is 11.3 Å². The summed E-state index contributed by atoms with van der Waals surface area (Å²) in [5.41, 5.74) is 2.10. The van der Waals surface area contributed by atoms with Gasteiger partial charge in [-0.25, -0.2) is 0 Å². The Morgan fingerprint density at radius 2 is 1.93 bits per heavy atom. The van der Waals surface area contributed by atoms with Gasteiger partial charge in [0.25, 0.3) is 5.56 Å². The van der Waals surface area contributed by atoms with Crippen molar-refractivity contribution in [1.82, 2.24) is 15.2 Å². The van der Waals surface area contributed by atoms with Crippen molar-refractivity contribution >= 4 is 23.4 Å². The summed E-state index contributed by atoms with van der Waals surface area (Å²) in [7, 11) is 0. The molecule has 0 radical (unpaired) electrons. The Hall–Kier alpha value is -3.33. The number of hydrogen-bond acceptors (Lipinski definition) is 7. The lowest BCUT2D eigenvalue weighted by Crippen LogP contribution is -2.18. The third-order valence-corrected chi connectivity index (χ3v) is 5.11. The third kappa shape index (κ3) is 4.40. The molecule has 0 unspecified atom stereocenters. The Kier molecular flexibility index (Phi) is 5.48. The molecule has 1 aliphatic heterocycles. The summed E-state index contributed by atoms with van der Waals surface area (Å²) in [5.74, 6) is 1.11. The first-order valence-electron chi connectivity index (χ1n) is 8.95. The van der Waals surface area contributed by atoms with Crippen LogP contribution in [0.15, 0.2) is 52.4 Å². The molecule has 0 fully saturated rings. The monoisotopic (exact) mass is 410 g/mol. The van der Waals surface area contributed by atoms with Crippen molar-refractivity contribution in [3.05, 3.63) is 58.4 Å². The number of para-hydroxylation sites is 1. The number of H-pyrrole nitrogens is 1. The summed E-state index contributed by atoms with van der Waals surface area (Å²) in [4.78, 5) is 27.3. The van der Waals surface area contributed by atoms with Crippen LogP contribution in [0.4, 0.5) is 5.69 Å². The lowest BCUT2D eigenvalue weighted by molar-refractivity contribution is -0.113. The van der Waals surface area contributed by atoms with Crippen LogP contribution in [-0.2, 0) is 4.79 Å². The Labute approximate surface area is 170 Å². The van der Waals surface area contributed by atoms with Gasteiger partial charge in [0, 0.05) is 11.3 Å². The van der Waals surface area contributed by atoms with Gasteiger partial charge in [-0.2, -0.15) is 0 Å². The number of rotatable bonds is 5. The Balaban J connectivity index is 1.43. The fourth-order valence-electron chi connectivity index (χ4n) is 2.80. The normalized spacial score (nSPS) is 12.4. The molecule has 148 valence electrons. The number of fused-ring (bicyclic) bond motifs is 1. The molecule has 2 aromatic carbocycles. The summed E-state index contributed by atoms with van der Waals surface area (Å²) in [5, 5.41) is 11.2. The molecule has 9 heteroatoms. The standard InChI is InChI=1S/C20H18N4O4S/c1-12-4-2-3-5-14(12)21-17(25)11-29-20-22-19(26)18(23-24-20)13-6-7-15-16(10-13)28-9-8-27-15/h2-7,10H,8-9,11H2,1H3,(H,21,25)(H,22,24,26). The number of benzene rings is 2. The quantitative estimate of drug-likeness (QED) is 0.623. The number of carbonyl (C=O) groups excluding carboxylic acids is 1. The lowest BCUT2D eigenvalue weighted by atomic mass is 10.1. The Bertz CT molecular complexity index is 1120. The van der Waals surface area contributed by atoms with Crippen molar-refractivity contribution < 1.29 is 14.3 Å². The number of nitrogens with zero attached hydrogens (tertiary/aromatic N) is 2. The Morgan fingerprint density at radius 3 is 2.72 bits per heavy atom. The molecule has 4 rings (SSSR count). The smallest absolute Gasteiger partial charge is 0.278 e. The molecular weight excluding hydrogens is 392 g/mol. The fourth-order valence-corrected chi connectivity index (χ4v) is 3.40. The summed E-state index contributed by atoms with van der Waals surface area (Å²) in [6.45, 7) is 2.87. The number of thioether (sulfide) groups is 1. The minimum Gasteiger partial charge on any atom is -0.486 e. The minimum atomic E-state index is -0.390. The molecular formula is C20H18N4O4S. The van der Waals surface area contributed by atoms with E-state index in [1.807, 2.05) is 31.2 Å². The van der Waals surface area contributed by atoms with Crippen LogP contribution in [-0.4, -0.2) is 40.1 Å². The van der Waals surface area contributed by atoms with Crippen LogP contribution in [0, 0.1) is 6.92 Å². The van der Waals surface area contributed by atoms with Gasteiger partial charge < -0.3 is 14.8 Å². The van der Waals surface area contributed by atoms with Crippen LogP contribution >= 0.6 is 11.8 Å². The van der Waals surface area contributed by atoms with Crippen LogP contribution in [0.3, 0.4) is 0 Å². The molecule has 1 amide bonds. The minimum absolute atomic E-state index is 0.0995. The van der Waals surface area contributed by atoms with Crippen LogP contribution < -0.4 is 20.3 Å². The van der Waals surface area contributed by atoms with Crippen molar-refractivity contribution in [2.24, 2.45) is 0 Å². The number of ether oxygens (including phenoxy) is 2. The fraction of sp³-hybridized carbons (Fsp3) is 0.200. The van der Waals surface area contributed by atoms with Gasteiger partial charge in [0.15, 0.2) is 22.3 Å². The summed E-state index contributed by atoms with van der Waals surface area (Å²) < 4.78 is 11.0. The van der Waals surface area contributed by atoms with Gasteiger partial charge in [0.05, 0.1) is 5.75 Å². The number of aromatic nitrogens is 3. The van der Waals surface area contributed by atoms with Gasteiger partial charge in [0.1, 0.15) is 13.2 Å². The molecule has 29 heavy (non-hydrogen) atoms. The van der Waals surface area contributed by atoms with E-state index in [2.05, 4.69) is 20.5 Å². The molecule has 3 aromatic rings. The van der Waals surface area contributed by atoms with E-state index in [0.29, 0.717) is 30.3 Å². The van der Waals surface area contributed by atoms with Gasteiger partial charge in [-0.3, -0.25) is 14.6 Å². The van der Waals surface area contributed by atoms with E-state index < -0.39 is 5.56 Å². The van der Waals surface area contributed by atoms with Crippen molar-refractivity contribution in [1.29, 1.82) is 0 Å². The lowest BCUT2D eigenvalue weighted by Gasteiger charge is -2.18. The maximum Gasteiger partial charge on any atom is 0.278 e. The van der Waals surface area contributed by atoms with Crippen molar-refractivity contribution in [2.45, 2.75) is 12.1 Å².